The Bertz CT molecular complexity index is 1220. The number of rotatable bonds is 4. The number of benzene rings is 1. The molecule has 180 valence electrons. The van der Waals surface area contributed by atoms with Gasteiger partial charge in [-0.15, -0.1) is 0 Å². The van der Waals surface area contributed by atoms with Gasteiger partial charge in [0.15, 0.2) is 5.58 Å². The van der Waals surface area contributed by atoms with Gasteiger partial charge in [-0.25, -0.2) is 0 Å². The molecular formula is C27H32ClN3O3. The molecule has 0 spiro atoms. The first-order valence-corrected chi connectivity index (χ1v) is 12.7. The zero-order valence-electron chi connectivity index (χ0n) is 19.9. The third kappa shape index (κ3) is 4.24. The molecule has 2 aliphatic rings. The van der Waals surface area contributed by atoms with Crippen LogP contribution in [0.15, 0.2) is 40.8 Å². The second-order valence-electron chi connectivity index (χ2n) is 10.0. The Morgan fingerprint density at radius 3 is 2.62 bits per heavy atom. The summed E-state index contributed by atoms with van der Waals surface area (Å²) in [5.74, 6) is 0.515. The molecule has 3 aromatic rings. The number of amides is 2. The van der Waals surface area contributed by atoms with Crippen LogP contribution in [0.1, 0.15) is 73.7 Å². The Hall–Kier alpha value is -2.73. The van der Waals surface area contributed by atoms with E-state index in [-0.39, 0.29) is 17.9 Å². The monoisotopic (exact) mass is 481 g/mol. The Morgan fingerprint density at radius 2 is 1.88 bits per heavy atom. The molecule has 1 aliphatic carbocycles. The van der Waals surface area contributed by atoms with Gasteiger partial charge in [0, 0.05) is 29.7 Å². The quantitative estimate of drug-likeness (QED) is 0.509. The fraction of sp³-hybridized carbons (Fsp3) is 0.481. The predicted octanol–water partition coefficient (Wildman–Crippen LogP) is 5.84. The number of furan rings is 1. The highest BCUT2D eigenvalue weighted by Gasteiger charge is 2.48. The van der Waals surface area contributed by atoms with Crippen molar-refractivity contribution in [3.05, 3.63) is 58.4 Å². The summed E-state index contributed by atoms with van der Waals surface area (Å²) < 4.78 is 7.75. The van der Waals surface area contributed by atoms with Crippen molar-refractivity contribution in [2.75, 3.05) is 0 Å². The van der Waals surface area contributed by atoms with Crippen LogP contribution in [0.2, 0.25) is 5.02 Å². The number of aryl methyl sites for hydroxylation is 1. The molecule has 34 heavy (non-hydrogen) atoms. The first-order valence-electron chi connectivity index (χ1n) is 12.3. The Labute approximate surface area is 205 Å². The molecule has 1 N–H and O–H groups in total. The van der Waals surface area contributed by atoms with Crippen molar-refractivity contribution in [1.29, 1.82) is 0 Å². The third-order valence-corrected chi connectivity index (χ3v) is 7.63. The summed E-state index contributed by atoms with van der Waals surface area (Å²) in [5, 5.41) is 3.94. The van der Waals surface area contributed by atoms with Gasteiger partial charge in [-0.05, 0) is 44.4 Å². The molecule has 1 aromatic carbocycles. The largest absolute Gasteiger partial charge is 0.460 e. The second-order valence-corrected chi connectivity index (χ2v) is 10.5. The molecule has 5 rings (SSSR count). The van der Waals surface area contributed by atoms with Gasteiger partial charge in [-0.3, -0.25) is 9.59 Å². The van der Waals surface area contributed by atoms with Crippen LogP contribution in [0, 0.1) is 6.92 Å². The van der Waals surface area contributed by atoms with E-state index in [4.69, 9.17) is 16.0 Å². The van der Waals surface area contributed by atoms with Gasteiger partial charge >= 0.3 is 0 Å². The summed E-state index contributed by atoms with van der Waals surface area (Å²) in [7, 11) is 0. The first kappa shape index (κ1) is 23.0. The summed E-state index contributed by atoms with van der Waals surface area (Å²) in [5.41, 5.74) is 1.92. The van der Waals surface area contributed by atoms with Crippen LogP contribution in [-0.2, 0) is 17.9 Å². The highest BCUT2D eigenvalue weighted by Crippen LogP contribution is 2.35. The zero-order chi connectivity index (χ0) is 23.9. The Balaban J connectivity index is 1.51. The number of nitrogens with one attached hydrogen (secondary N) is 1. The van der Waals surface area contributed by atoms with Crippen LogP contribution in [0.5, 0.6) is 0 Å². The number of carbonyl (C=O) groups excluding carboxylic acids is 2. The van der Waals surface area contributed by atoms with Crippen molar-refractivity contribution in [1.82, 2.24) is 14.8 Å². The molecular weight excluding hydrogens is 450 g/mol. The van der Waals surface area contributed by atoms with E-state index in [0.717, 1.165) is 42.5 Å². The number of aromatic nitrogens is 1. The maximum absolute atomic E-state index is 13.9. The average molecular weight is 482 g/mol. The summed E-state index contributed by atoms with van der Waals surface area (Å²) in [4.78, 5) is 29.4. The molecule has 2 aromatic heterocycles. The summed E-state index contributed by atoms with van der Waals surface area (Å²) in [6.45, 7) is 4.45. The number of carbonyl (C=O) groups is 2. The minimum Gasteiger partial charge on any atom is -0.460 e. The Kier molecular flexibility index (Phi) is 6.19. The number of hydrogen-bond donors (Lipinski definition) is 1. The Morgan fingerprint density at radius 1 is 1.15 bits per heavy atom. The minimum atomic E-state index is -1.05. The van der Waals surface area contributed by atoms with Crippen molar-refractivity contribution in [3.8, 4) is 0 Å². The number of nitrogens with zero attached hydrogens (tertiary/aromatic N) is 2. The van der Waals surface area contributed by atoms with Crippen LogP contribution in [0.4, 0.5) is 0 Å². The third-order valence-electron chi connectivity index (χ3n) is 7.40. The molecule has 3 heterocycles. The van der Waals surface area contributed by atoms with E-state index in [1.54, 1.807) is 11.0 Å². The van der Waals surface area contributed by atoms with E-state index in [9.17, 15) is 9.59 Å². The molecule has 6 nitrogen and oxygen atoms in total. The van der Waals surface area contributed by atoms with E-state index < -0.39 is 5.54 Å². The zero-order valence-corrected chi connectivity index (χ0v) is 20.7. The molecule has 2 amide bonds. The standard InChI is InChI=1S/C27H32ClN3O3/c1-18-13-22-24(34-18)15-23-25(32)31(16-19-9-8-10-20(28)14-19)27(2,17-30(22)23)26(33)29-21-11-6-4-3-5-7-12-21/h8-10,13-15,21H,3-7,11-12,16-17H2,1-2H3,(H,29,33). The fourth-order valence-electron chi connectivity index (χ4n) is 5.47. The van der Waals surface area contributed by atoms with Gasteiger partial charge < -0.3 is 19.2 Å². The van der Waals surface area contributed by atoms with Crippen molar-refractivity contribution < 1.29 is 14.0 Å². The van der Waals surface area contributed by atoms with Gasteiger partial charge in [0.05, 0.1) is 12.1 Å². The molecule has 0 saturated heterocycles. The van der Waals surface area contributed by atoms with E-state index in [1.807, 2.05) is 48.7 Å². The maximum atomic E-state index is 13.9. The smallest absolute Gasteiger partial charge is 0.271 e. The van der Waals surface area contributed by atoms with Crippen molar-refractivity contribution in [2.24, 2.45) is 0 Å². The van der Waals surface area contributed by atoms with Crippen molar-refractivity contribution in [3.63, 3.8) is 0 Å². The normalized spacial score (nSPS) is 21.9. The molecule has 1 unspecified atom stereocenters. The average Bonchev–Trinajstić information content (AvgIpc) is 3.29. The van der Waals surface area contributed by atoms with Gasteiger partial charge in [-0.2, -0.15) is 0 Å². The number of halogens is 1. The van der Waals surface area contributed by atoms with Crippen LogP contribution < -0.4 is 5.32 Å². The lowest BCUT2D eigenvalue weighted by Crippen LogP contribution is -2.64. The molecule has 0 bridgehead atoms. The maximum Gasteiger partial charge on any atom is 0.271 e. The summed E-state index contributed by atoms with van der Waals surface area (Å²) in [6.07, 6.45) is 7.94. The van der Waals surface area contributed by atoms with E-state index in [1.165, 1.54) is 19.3 Å². The number of fused-ring (bicyclic) bond motifs is 3. The summed E-state index contributed by atoms with van der Waals surface area (Å²) >= 11 is 6.23. The van der Waals surface area contributed by atoms with Crippen molar-refractivity contribution in [2.45, 2.75) is 83.5 Å². The molecule has 1 atom stereocenters. The SMILES string of the molecule is Cc1cc2c(cc3n2CC(C)(C(=O)NC2CCCCCCC2)N(Cc2cccc(Cl)c2)C3=O)o1. The highest BCUT2D eigenvalue weighted by atomic mass is 35.5. The van der Waals surface area contributed by atoms with Gasteiger partial charge in [0.25, 0.3) is 5.91 Å². The topological polar surface area (TPSA) is 67.5 Å². The second kappa shape index (κ2) is 9.14. The first-order chi connectivity index (χ1) is 16.3. The lowest BCUT2D eigenvalue weighted by molar-refractivity contribution is -0.134. The number of hydrogen-bond acceptors (Lipinski definition) is 3. The molecule has 1 fully saturated rings. The van der Waals surface area contributed by atoms with Gasteiger partial charge in [0.1, 0.15) is 17.0 Å². The lowest BCUT2D eigenvalue weighted by Gasteiger charge is -2.44. The molecule has 1 aliphatic heterocycles. The van der Waals surface area contributed by atoms with E-state index >= 15 is 0 Å². The van der Waals surface area contributed by atoms with Gasteiger partial charge in [-0.1, -0.05) is 55.8 Å². The van der Waals surface area contributed by atoms with E-state index in [0.29, 0.717) is 29.4 Å². The fourth-order valence-corrected chi connectivity index (χ4v) is 5.68. The van der Waals surface area contributed by atoms with Crippen molar-refractivity contribution >= 4 is 34.5 Å². The predicted molar refractivity (Wildman–Crippen MR) is 133 cm³/mol. The molecule has 0 radical (unpaired) electrons. The molecule has 1 saturated carbocycles. The van der Waals surface area contributed by atoms with Crippen LogP contribution in [0.25, 0.3) is 11.1 Å². The lowest BCUT2D eigenvalue weighted by atomic mass is 9.91. The van der Waals surface area contributed by atoms with E-state index in [2.05, 4.69) is 5.32 Å². The highest BCUT2D eigenvalue weighted by molar-refractivity contribution is 6.30. The molecule has 7 heteroatoms. The van der Waals surface area contributed by atoms with Crippen LogP contribution in [-0.4, -0.2) is 32.9 Å². The summed E-state index contributed by atoms with van der Waals surface area (Å²) in [6, 6.07) is 11.4. The van der Waals surface area contributed by atoms with Crippen LogP contribution in [0.3, 0.4) is 0 Å². The van der Waals surface area contributed by atoms with Gasteiger partial charge in [0.2, 0.25) is 5.91 Å². The van der Waals surface area contributed by atoms with Crippen LogP contribution >= 0.6 is 11.6 Å². The minimum absolute atomic E-state index is 0.0961.